The Morgan fingerprint density at radius 1 is 1.37 bits per heavy atom. The van der Waals surface area contributed by atoms with Crippen molar-refractivity contribution in [3.05, 3.63) is 24.3 Å². The normalized spacial score (nSPS) is 14.8. The van der Waals surface area contributed by atoms with Gasteiger partial charge in [-0.1, -0.05) is 6.07 Å². The topological polar surface area (TPSA) is 75.4 Å². The molecule has 0 aliphatic carbocycles. The quantitative estimate of drug-likeness (QED) is 0.883. The van der Waals surface area contributed by atoms with Crippen LogP contribution in [0.15, 0.2) is 24.3 Å². The van der Waals surface area contributed by atoms with Crippen LogP contribution in [0.5, 0.6) is 0 Å². The molecule has 1 aliphatic rings. The average Bonchev–Trinajstić information content (AvgIpc) is 2.39. The largest absolute Gasteiger partial charge is 0.325 e. The number of rotatable bonds is 3. The molecule has 0 saturated carbocycles. The van der Waals surface area contributed by atoms with E-state index in [9.17, 15) is 9.59 Å². The highest BCUT2D eigenvalue weighted by Crippen LogP contribution is 2.23. The number of hydrogen-bond donors (Lipinski definition) is 2. The van der Waals surface area contributed by atoms with E-state index in [0.29, 0.717) is 12.1 Å². The molecule has 6 heteroatoms. The van der Waals surface area contributed by atoms with Gasteiger partial charge in [0, 0.05) is 24.3 Å². The minimum Gasteiger partial charge on any atom is -0.325 e. The van der Waals surface area contributed by atoms with Crippen molar-refractivity contribution in [3.8, 4) is 0 Å². The van der Waals surface area contributed by atoms with Gasteiger partial charge in [-0.05, 0) is 31.0 Å². The third kappa shape index (κ3) is 3.94. The summed E-state index contributed by atoms with van der Waals surface area (Å²) >= 11 is 0. The highest BCUT2D eigenvalue weighted by Gasteiger charge is 2.19. The van der Waals surface area contributed by atoms with E-state index in [1.165, 1.54) is 0 Å². The summed E-state index contributed by atoms with van der Waals surface area (Å²) in [5, 5.41) is 2.68. The highest BCUT2D eigenvalue weighted by atomic mass is 35.5. The van der Waals surface area contributed by atoms with Crippen molar-refractivity contribution >= 4 is 35.6 Å². The van der Waals surface area contributed by atoms with Crippen LogP contribution in [0.3, 0.4) is 0 Å². The maximum Gasteiger partial charge on any atom is 0.238 e. The molecule has 1 fully saturated rings. The van der Waals surface area contributed by atoms with Gasteiger partial charge in [-0.25, -0.2) is 0 Å². The van der Waals surface area contributed by atoms with Gasteiger partial charge in [-0.3, -0.25) is 9.59 Å². The summed E-state index contributed by atoms with van der Waals surface area (Å²) in [5.74, 6) is -0.0966. The number of halogens is 1. The van der Waals surface area contributed by atoms with Crippen LogP contribution in [-0.2, 0) is 9.59 Å². The van der Waals surface area contributed by atoms with Gasteiger partial charge in [0.05, 0.1) is 6.54 Å². The van der Waals surface area contributed by atoms with Crippen LogP contribution in [0.2, 0.25) is 0 Å². The van der Waals surface area contributed by atoms with Crippen LogP contribution in [0, 0.1) is 0 Å². The second-order valence-corrected chi connectivity index (χ2v) is 4.31. The molecule has 5 nitrogen and oxygen atoms in total. The lowest BCUT2D eigenvalue weighted by atomic mass is 10.1. The molecule has 1 aromatic rings. The summed E-state index contributed by atoms with van der Waals surface area (Å²) < 4.78 is 0. The van der Waals surface area contributed by atoms with E-state index in [2.05, 4.69) is 5.32 Å². The molecule has 0 unspecified atom stereocenters. The molecule has 0 radical (unpaired) electrons. The van der Waals surface area contributed by atoms with E-state index in [0.717, 1.165) is 25.1 Å². The number of hydrogen-bond acceptors (Lipinski definition) is 3. The number of nitrogens with one attached hydrogen (secondary N) is 1. The van der Waals surface area contributed by atoms with E-state index in [1.807, 2.05) is 12.1 Å². The lowest BCUT2D eigenvalue weighted by Gasteiger charge is -2.27. The Bertz CT molecular complexity index is 465. The number of nitrogens with zero attached hydrogens (tertiary/aromatic N) is 1. The molecule has 1 saturated heterocycles. The average molecular weight is 284 g/mol. The third-order valence-electron chi connectivity index (χ3n) is 2.95. The Kier molecular flexibility index (Phi) is 5.79. The second-order valence-electron chi connectivity index (χ2n) is 4.31. The Morgan fingerprint density at radius 2 is 2.16 bits per heavy atom. The van der Waals surface area contributed by atoms with Crippen LogP contribution < -0.4 is 16.0 Å². The molecule has 0 atom stereocenters. The van der Waals surface area contributed by atoms with Crippen molar-refractivity contribution in [1.82, 2.24) is 0 Å². The zero-order valence-corrected chi connectivity index (χ0v) is 11.4. The van der Waals surface area contributed by atoms with E-state index in [1.54, 1.807) is 17.0 Å². The summed E-state index contributed by atoms with van der Waals surface area (Å²) in [6.45, 7) is 0.694. The molecule has 2 amide bonds. The first-order chi connectivity index (χ1) is 8.70. The molecule has 0 bridgehead atoms. The number of nitrogens with two attached hydrogens (primary N) is 1. The van der Waals surface area contributed by atoms with Crippen LogP contribution in [-0.4, -0.2) is 24.9 Å². The number of amides is 2. The smallest absolute Gasteiger partial charge is 0.238 e. The predicted molar refractivity (Wildman–Crippen MR) is 77.6 cm³/mol. The maximum absolute atomic E-state index is 11.8. The van der Waals surface area contributed by atoms with E-state index in [4.69, 9.17) is 5.73 Å². The molecule has 1 aliphatic heterocycles. The van der Waals surface area contributed by atoms with Crippen molar-refractivity contribution < 1.29 is 9.59 Å². The lowest BCUT2D eigenvalue weighted by Crippen LogP contribution is -2.35. The zero-order valence-electron chi connectivity index (χ0n) is 10.6. The minimum atomic E-state index is -0.239. The highest BCUT2D eigenvalue weighted by molar-refractivity contribution is 5.96. The van der Waals surface area contributed by atoms with Crippen molar-refractivity contribution in [2.24, 2.45) is 5.73 Å². The second kappa shape index (κ2) is 7.11. The Hall–Kier alpha value is -1.59. The first-order valence-electron chi connectivity index (χ1n) is 6.11. The van der Waals surface area contributed by atoms with Crippen LogP contribution in [0.1, 0.15) is 19.3 Å². The standard InChI is InChI=1S/C13H17N3O2.ClH/c14-9-12(17)15-10-4-3-5-11(8-10)16-7-2-1-6-13(16)18;/h3-5,8H,1-2,6-7,9,14H2,(H,15,17);1H. The van der Waals surface area contributed by atoms with Crippen LogP contribution in [0.4, 0.5) is 11.4 Å². The first-order valence-corrected chi connectivity index (χ1v) is 6.11. The minimum absolute atomic E-state index is 0. The summed E-state index contributed by atoms with van der Waals surface area (Å²) in [4.78, 5) is 24.8. The maximum atomic E-state index is 11.8. The summed E-state index contributed by atoms with van der Waals surface area (Å²) in [7, 11) is 0. The summed E-state index contributed by atoms with van der Waals surface area (Å²) in [6, 6.07) is 7.28. The molecular formula is C13H18ClN3O2. The Balaban J connectivity index is 0.00000180. The van der Waals surface area contributed by atoms with Crippen LogP contribution in [0.25, 0.3) is 0 Å². The molecular weight excluding hydrogens is 266 g/mol. The molecule has 2 rings (SSSR count). The number of carbonyl (C=O) groups is 2. The number of anilines is 2. The first kappa shape index (κ1) is 15.5. The van der Waals surface area contributed by atoms with Crippen LogP contribution >= 0.6 is 12.4 Å². The molecule has 104 valence electrons. The van der Waals surface area contributed by atoms with E-state index in [-0.39, 0.29) is 30.8 Å². The fourth-order valence-electron chi connectivity index (χ4n) is 2.04. The van der Waals surface area contributed by atoms with Crippen molar-refractivity contribution in [3.63, 3.8) is 0 Å². The van der Waals surface area contributed by atoms with Gasteiger partial charge in [0.2, 0.25) is 11.8 Å². The van der Waals surface area contributed by atoms with Crippen molar-refractivity contribution in [2.45, 2.75) is 19.3 Å². The monoisotopic (exact) mass is 283 g/mol. The van der Waals surface area contributed by atoms with E-state index >= 15 is 0 Å². The third-order valence-corrected chi connectivity index (χ3v) is 2.95. The van der Waals surface area contributed by atoms with Gasteiger partial charge >= 0.3 is 0 Å². The SMILES string of the molecule is Cl.NCC(=O)Nc1cccc(N2CCCCC2=O)c1. The van der Waals surface area contributed by atoms with Gasteiger partial charge in [0.1, 0.15) is 0 Å². The molecule has 3 N–H and O–H groups in total. The molecule has 0 spiro atoms. The lowest BCUT2D eigenvalue weighted by molar-refractivity contribution is -0.119. The Labute approximate surface area is 118 Å². The number of benzene rings is 1. The molecule has 1 aromatic carbocycles. The van der Waals surface area contributed by atoms with Gasteiger partial charge < -0.3 is 16.0 Å². The summed E-state index contributed by atoms with van der Waals surface area (Å²) in [5.41, 5.74) is 6.74. The molecule has 1 heterocycles. The van der Waals surface area contributed by atoms with Gasteiger partial charge in [-0.15, -0.1) is 12.4 Å². The Morgan fingerprint density at radius 3 is 2.84 bits per heavy atom. The fourth-order valence-corrected chi connectivity index (χ4v) is 2.04. The van der Waals surface area contributed by atoms with E-state index < -0.39 is 0 Å². The predicted octanol–water partition coefficient (Wildman–Crippen LogP) is 1.52. The van der Waals surface area contributed by atoms with Gasteiger partial charge in [-0.2, -0.15) is 0 Å². The molecule has 0 aromatic heterocycles. The number of piperidine rings is 1. The van der Waals surface area contributed by atoms with Gasteiger partial charge in [0.15, 0.2) is 0 Å². The fraction of sp³-hybridized carbons (Fsp3) is 0.385. The number of carbonyl (C=O) groups excluding carboxylic acids is 2. The van der Waals surface area contributed by atoms with Crippen molar-refractivity contribution in [1.29, 1.82) is 0 Å². The van der Waals surface area contributed by atoms with Gasteiger partial charge in [0.25, 0.3) is 0 Å². The summed E-state index contributed by atoms with van der Waals surface area (Å²) in [6.07, 6.45) is 2.57. The zero-order chi connectivity index (χ0) is 13.0. The molecule has 19 heavy (non-hydrogen) atoms. The van der Waals surface area contributed by atoms with Crippen molar-refractivity contribution in [2.75, 3.05) is 23.3 Å².